The Bertz CT molecular complexity index is 585. The van der Waals surface area contributed by atoms with E-state index in [1.807, 2.05) is 31.4 Å². The predicted molar refractivity (Wildman–Crippen MR) is 64.7 cm³/mol. The fraction of sp³-hybridized carbons (Fsp3) is 0.231. The number of nitrogens with zero attached hydrogens (tertiary/aromatic N) is 2. The Kier molecular flexibility index (Phi) is 2.71. The molecule has 17 heavy (non-hydrogen) atoms. The van der Waals surface area contributed by atoms with Crippen molar-refractivity contribution in [2.45, 2.75) is 20.8 Å². The van der Waals surface area contributed by atoms with Gasteiger partial charge in [0.05, 0.1) is 23.3 Å². The summed E-state index contributed by atoms with van der Waals surface area (Å²) >= 11 is 0. The van der Waals surface area contributed by atoms with E-state index in [0.717, 1.165) is 17.0 Å². The molecule has 0 radical (unpaired) electrons. The van der Waals surface area contributed by atoms with Crippen molar-refractivity contribution in [3.63, 3.8) is 0 Å². The molecule has 0 fully saturated rings. The Balaban J connectivity index is 2.74. The van der Waals surface area contributed by atoms with E-state index in [4.69, 9.17) is 0 Å². The molecule has 1 N–H and O–H groups in total. The Morgan fingerprint density at radius 1 is 1.29 bits per heavy atom. The number of aromatic nitrogens is 2. The van der Waals surface area contributed by atoms with Crippen LogP contribution in [0.15, 0.2) is 24.5 Å². The lowest BCUT2D eigenvalue weighted by Crippen LogP contribution is -2.07. The largest absolute Gasteiger partial charge is 0.478 e. The predicted octanol–water partition coefficient (Wildman–Crippen LogP) is 2.50. The van der Waals surface area contributed by atoms with Crippen LogP contribution in [0.2, 0.25) is 0 Å². The van der Waals surface area contributed by atoms with Gasteiger partial charge in [-0.1, -0.05) is 12.1 Å². The number of para-hydroxylation sites is 1. The minimum Gasteiger partial charge on any atom is -0.478 e. The number of aromatic carboxylic acids is 1. The number of aryl methyl sites for hydroxylation is 2. The van der Waals surface area contributed by atoms with Gasteiger partial charge in [0.1, 0.15) is 0 Å². The van der Waals surface area contributed by atoms with Crippen LogP contribution in [0, 0.1) is 20.8 Å². The van der Waals surface area contributed by atoms with Crippen LogP contribution in [-0.4, -0.2) is 20.6 Å². The number of carbonyl (C=O) groups is 1. The van der Waals surface area contributed by atoms with Gasteiger partial charge < -0.3 is 9.67 Å². The first-order chi connectivity index (χ1) is 8.02. The summed E-state index contributed by atoms with van der Waals surface area (Å²) in [6.07, 6.45) is 1.67. The van der Waals surface area contributed by atoms with E-state index in [1.54, 1.807) is 18.5 Å². The summed E-state index contributed by atoms with van der Waals surface area (Å²) < 4.78 is 1.83. The van der Waals surface area contributed by atoms with Crippen molar-refractivity contribution >= 4 is 5.97 Å². The summed E-state index contributed by atoms with van der Waals surface area (Å²) in [5.74, 6) is -0.922. The molecule has 0 aliphatic rings. The number of benzene rings is 1. The van der Waals surface area contributed by atoms with Crippen molar-refractivity contribution in [2.75, 3.05) is 0 Å². The van der Waals surface area contributed by atoms with Crippen LogP contribution in [0.5, 0.6) is 0 Å². The highest BCUT2D eigenvalue weighted by Gasteiger charge is 2.15. The van der Waals surface area contributed by atoms with Gasteiger partial charge in [0.2, 0.25) is 0 Å². The zero-order valence-electron chi connectivity index (χ0n) is 10.1. The van der Waals surface area contributed by atoms with Crippen LogP contribution in [0.3, 0.4) is 0 Å². The van der Waals surface area contributed by atoms with Crippen molar-refractivity contribution in [2.24, 2.45) is 0 Å². The van der Waals surface area contributed by atoms with Crippen LogP contribution >= 0.6 is 0 Å². The molecule has 2 rings (SSSR count). The number of imidazole rings is 1. The van der Waals surface area contributed by atoms with Gasteiger partial charge in [-0.05, 0) is 32.4 Å². The maximum Gasteiger partial charge on any atom is 0.337 e. The van der Waals surface area contributed by atoms with Crippen LogP contribution in [-0.2, 0) is 0 Å². The average molecular weight is 230 g/mol. The van der Waals surface area contributed by atoms with Crippen molar-refractivity contribution in [1.29, 1.82) is 0 Å². The SMILES string of the molecule is Cc1cccc(C(=O)O)c1-n1cnc(C)c1C. The van der Waals surface area contributed by atoms with Crippen molar-refractivity contribution in [3.05, 3.63) is 47.0 Å². The molecule has 0 aliphatic heterocycles. The monoisotopic (exact) mass is 230 g/mol. The molecule has 0 bridgehead atoms. The number of rotatable bonds is 2. The second-order valence-corrected chi connectivity index (χ2v) is 4.06. The lowest BCUT2D eigenvalue weighted by molar-refractivity contribution is 0.0697. The first kappa shape index (κ1) is 11.4. The third kappa shape index (κ3) is 1.82. The molecule has 0 saturated carbocycles. The Labute approximate surface area is 99.5 Å². The first-order valence-electron chi connectivity index (χ1n) is 5.36. The normalized spacial score (nSPS) is 10.5. The van der Waals surface area contributed by atoms with E-state index in [1.165, 1.54) is 0 Å². The van der Waals surface area contributed by atoms with E-state index < -0.39 is 5.97 Å². The summed E-state index contributed by atoms with van der Waals surface area (Å²) in [7, 11) is 0. The fourth-order valence-corrected chi connectivity index (χ4v) is 1.88. The lowest BCUT2D eigenvalue weighted by atomic mass is 10.1. The van der Waals surface area contributed by atoms with Gasteiger partial charge in [-0.3, -0.25) is 0 Å². The smallest absolute Gasteiger partial charge is 0.337 e. The number of hydrogen-bond acceptors (Lipinski definition) is 2. The Hall–Kier alpha value is -2.10. The topological polar surface area (TPSA) is 55.1 Å². The summed E-state index contributed by atoms with van der Waals surface area (Å²) in [6.45, 7) is 5.74. The van der Waals surface area contributed by atoms with Crippen molar-refractivity contribution in [3.8, 4) is 5.69 Å². The van der Waals surface area contributed by atoms with Gasteiger partial charge in [0, 0.05) is 5.69 Å². The molecule has 1 aromatic heterocycles. The highest BCUT2D eigenvalue weighted by atomic mass is 16.4. The van der Waals surface area contributed by atoms with E-state index in [2.05, 4.69) is 4.98 Å². The van der Waals surface area contributed by atoms with E-state index >= 15 is 0 Å². The second-order valence-electron chi connectivity index (χ2n) is 4.06. The lowest BCUT2D eigenvalue weighted by Gasteiger charge is -2.12. The van der Waals surface area contributed by atoms with Crippen molar-refractivity contribution in [1.82, 2.24) is 9.55 Å². The molecule has 0 saturated heterocycles. The highest BCUT2D eigenvalue weighted by molar-refractivity contribution is 5.92. The first-order valence-corrected chi connectivity index (χ1v) is 5.36. The van der Waals surface area contributed by atoms with Gasteiger partial charge in [-0.25, -0.2) is 9.78 Å². The summed E-state index contributed by atoms with van der Waals surface area (Å²) in [5, 5.41) is 9.22. The molecule has 2 aromatic rings. The summed E-state index contributed by atoms with van der Waals surface area (Å²) in [6, 6.07) is 5.26. The highest BCUT2D eigenvalue weighted by Crippen LogP contribution is 2.22. The van der Waals surface area contributed by atoms with Crippen molar-refractivity contribution < 1.29 is 9.90 Å². The van der Waals surface area contributed by atoms with Gasteiger partial charge >= 0.3 is 5.97 Å². The molecule has 0 unspecified atom stereocenters. The molecule has 88 valence electrons. The molecule has 4 heteroatoms. The third-order valence-corrected chi connectivity index (χ3v) is 2.96. The molecule has 0 amide bonds. The Morgan fingerprint density at radius 2 is 2.00 bits per heavy atom. The van der Waals surface area contributed by atoms with Gasteiger partial charge in [0.25, 0.3) is 0 Å². The van der Waals surface area contributed by atoms with E-state index in [9.17, 15) is 9.90 Å². The molecule has 1 heterocycles. The molecule has 0 aliphatic carbocycles. The molecule has 4 nitrogen and oxygen atoms in total. The minimum absolute atomic E-state index is 0.297. The summed E-state index contributed by atoms with van der Waals surface area (Å²) in [5.41, 5.74) is 3.78. The summed E-state index contributed by atoms with van der Waals surface area (Å²) in [4.78, 5) is 15.4. The number of carboxylic acid groups (broad SMARTS) is 1. The average Bonchev–Trinajstić information content (AvgIpc) is 2.60. The van der Waals surface area contributed by atoms with Gasteiger partial charge in [-0.2, -0.15) is 0 Å². The maximum absolute atomic E-state index is 11.2. The third-order valence-electron chi connectivity index (χ3n) is 2.96. The number of hydrogen-bond donors (Lipinski definition) is 1. The molecule has 1 aromatic carbocycles. The van der Waals surface area contributed by atoms with Gasteiger partial charge in [-0.15, -0.1) is 0 Å². The fourth-order valence-electron chi connectivity index (χ4n) is 1.88. The van der Waals surface area contributed by atoms with E-state index in [-0.39, 0.29) is 0 Å². The number of carboxylic acids is 1. The molecular formula is C13H14N2O2. The van der Waals surface area contributed by atoms with Gasteiger partial charge in [0.15, 0.2) is 0 Å². The quantitative estimate of drug-likeness (QED) is 0.862. The minimum atomic E-state index is -0.922. The van der Waals surface area contributed by atoms with E-state index in [0.29, 0.717) is 11.3 Å². The Morgan fingerprint density at radius 3 is 2.53 bits per heavy atom. The molecule has 0 atom stereocenters. The molecule has 0 spiro atoms. The second kappa shape index (κ2) is 4.05. The standard InChI is InChI=1S/C13H14N2O2/c1-8-5-4-6-11(13(16)17)12(8)15-7-14-9(2)10(15)3/h4-7H,1-3H3,(H,16,17). The molecular weight excluding hydrogens is 216 g/mol. The van der Waals surface area contributed by atoms with Crippen LogP contribution in [0.1, 0.15) is 27.3 Å². The maximum atomic E-state index is 11.2. The zero-order chi connectivity index (χ0) is 12.6. The van der Waals surface area contributed by atoms with Crippen LogP contribution in [0.25, 0.3) is 5.69 Å². The zero-order valence-corrected chi connectivity index (χ0v) is 10.1. The van der Waals surface area contributed by atoms with Crippen LogP contribution in [0.4, 0.5) is 0 Å². The van der Waals surface area contributed by atoms with Crippen LogP contribution < -0.4 is 0 Å².